The van der Waals surface area contributed by atoms with Gasteiger partial charge < -0.3 is 10.1 Å². The Hall–Kier alpha value is -2.18. The third kappa shape index (κ3) is 4.83. The maximum Gasteiger partial charge on any atom is 0.293 e. The zero-order chi connectivity index (χ0) is 15.5. The summed E-state index contributed by atoms with van der Waals surface area (Å²) in [6.45, 7) is 10.5. The van der Waals surface area contributed by atoms with E-state index in [0.29, 0.717) is 13.1 Å². The van der Waals surface area contributed by atoms with Crippen LogP contribution in [0.15, 0.2) is 6.07 Å². The van der Waals surface area contributed by atoms with Crippen molar-refractivity contribution in [1.29, 1.82) is 0 Å². The van der Waals surface area contributed by atoms with Gasteiger partial charge in [0.25, 0.3) is 6.47 Å². The summed E-state index contributed by atoms with van der Waals surface area (Å²) in [5.74, 6) is 0.801. The van der Waals surface area contributed by atoms with Crippen LogP contribution in [-0.2, 0) is 9.53 Å². The van der Waals surface area contributed by atoms with Gasteiger partial charge in [0.15, 0.2) is 5.82 Å². The van der Waals surface area contributed by atoms with Crippen LogP contribution in [-0.4, -0.2) is 39.9 Å². The molecule has 0 radical (unpaired) electrons. The van der Waals surface area contributed by atoms with Crippen LogP contribution in [0.1, 0.15) is 32.3 Å². The van der Waals surface area contributed by atoms with E-state index < -0.39 is 0 Å². The number of carbonyl (C=O) groups is 1. The number of nitrogens with zero attached hydrogens (tertiary/aromatic N) is 4. The Morgan fingerprint density at radius 3 is 2.45 bits per heavy atom. The van der Waals surface area contributed by atoms with E-state index in [-0.39, 0.29) is 0 Å². The molecule has 0 aliphatic heterocycles. The van der Waals surface area contributed by atoms with Crippen molar-refractivity contribution >= 4 is 17.8 Å². The molecule has 1 N–H and O–H groups in total. The molecular formula is C13H23N5O2. The molecule has 0 unspecified atom stereocenters. The zero-order valence-electron chi connectivity index (χ0n) is 13.0. The van der Waals surface area contributed by atoms with Crippen LogP contribution in [0.4, 0.5) is 5.69 Å². The van der Waals surface area contributed by atoms with E-state index in [4.69, 9.17) is 0 Å². The lowest BCUT2D eigenvalue weighted by molar-refractivity contribution is -0.128. The Bertz CT molecular complexity index is 525. The van der Waals surface area contributed by atoms with Gasteiger partial charge in [-0.25, -0.2) is 0 Å². The summed E-state index contributed by atoms with van der Waals surface area (Å²) >= 11 is 0. The quantitative estimate of drug-likeness (QED) is 0.866. The van der Waals surface area contributed by atoms with E-state index in [1.54, 1.807) is 11.4 Å². The normalized spacial score (nSPS) is 8.90. The lowest BCUT2D eigenvalue weighted by atomic mass is 10.3. The van der Waals surface area contributed by atoms with Gasteiger partial charge in [-0.15, -0.1) is 10.2 Å². The molecule has 2 rings (SSSR count). The van der Waals surface area contributed by atoms with E-state index in [0.717, 1.165) is 22.9 Å². The first-order chi connectivity index (χ1) is 9.63. The lowest BCUT2D eigenvalue weighted by Gasteiger charge is -2.02. The first-order valence-corrected chi connectivity index (χ1v) is 6.56. The fourth-order valence-electron chi connectivity index (χ4n) is 1.36. The van der Waals surface area contributed by atoms with Crippen LogP contribution in [0.5, 0.6) is 0 Å². The molecule has 112 valence electrons. The van der Waals surface area contributed by atoms with Crippen molar-refractivity contribution in [2.24, 2.45) is 0 Å². The van der Waals surface area contributed by atoms with Crippen molar-refractivity contribution in [3.8, 4) is 0 Å². The highest BCUT2D eigenvalue weighted by Crippen LogP contribution is 2.14. The molecule has 2 aromatic heterocycles. The van der Waals surface area contributed by atoms with E-state index in [1.165, 1.54) is 0 Å². The van der Waals surface area contributed by atoms with Crippen molar-refractivity contribution < 1.29 is 9.53 Å². The molecule has 0 amide bonds. The average molecular weight is 281 g/mol. The molecule has 0 bridgehead atoms. The van der Waals surface area contributed by atoms with Gasteiger partial charge >= 0.3 is 0 Å². The molecule has 0 aromatic carbocycles. The molecule has 2 aromatic rings. The molecule has 0 aliphatic rings. The Morgan fingerprint density at radius 1 is 1.35 bits per heavy atom. The molecule has 20 heavy (non-hydrogen) atoms. The van der Waals surface area contributed by atoms with Crippen LogP contribution in [0, 0.1) is 13.8 Å². The summed E-state index contributed by atoms with van der Waals surface area (Å²) in [5.41, 5.74) is 2.67. The summed E-state index contributed by atoms with van der Waals surface area (Å²) in [4.78, 5) is 9.18. The highest BCUT2D eigenvalue weighted by molar-refractivity contribution is 5.66. The molecule has 0 saturated heterocycles. The third-order valence-corrected chi connectivity index (χ3v) is 2.15. The maximum atomic E-state index is 9.18. The zero-order valence-corrected chi connectivity index (χ0v) is 13.0. The minimum Gasteiger partial charge on any atom is -0.468 e. The van der Waals surface area contributed by atoms with Crippen LogP contribution >= 0.6 is 0 Å². The Morgan fingerprint density at radius 2 is 2.00 bits per heavy atom. The van der Waals surface area contributed by atoms with E-state index in [2.05, 4.69) is 25.3 Å². The minimum absolute atomic E-state index is 0.431. The fourth-order valence-corrected chi connectivity index (χ4v) is 1.36. The number of carbonyl (C=O) groups excluding carboxylic acids is 1. The van der Waals surface area contributed by atoms with Crippen molar-refractivity contribution in [1.82, 2.24) is 19.8 Å². The van der Waals surface area contributed by atoms with Crippen molar-refractivity contribution in [3.63, 3.8) is 0 Å². The Labute approximate surface area is 119 Å². The third-order valence-electron chi connectivity index (χ3n) is 2.15. The molecule has 7 nitrogen and oxygen atoms in total. The van der Waals surface area contributed by atoms with Crippen LogP contribution in [0.25, 0.3) is 5.65 Å². The summed E-state index contributed by atoms with van der Waals surface area (Å²) in [6, 6.07) is 1.95. The average Bonchev–Trinajstić information content (AvgIpc) is 2.83. The predicted molar refractivity (Wildman–Crippen MR) is 78.8 cm³/mol. The van der Waals surface area contributed by atoms with Gasteiger partial charge in [-0.05, 0) is 26.8 Å². The van der Waals surface area contributed by atoms with Gasteiger partial charge in [-0.2, -0.15) is 9.61 Å². The summed E-state index contributed by atoms with van der Waals surface area (Å²) < 4.78 is 5.89. The SMILES string of the molecule is CC.CCOC=O.CNc1cc(C)nn2c(C)nnc12. The van der Waals surface area contributed by atoms with Crippen LogP contribution in [0.2, 0.25) is 0 Å². The summed E-state index contributed by atoms with van der Waals surface area (Å²) in [5, 5.41) is 15.3. The Balaban J connectivity index is 0.000000441. The number of hydrogen-bond acceptors (Lipinski definition) is 6. The molecule has 0 saturated carbocycles. The molecule has 0 fully saturated rings. The minimum atomic E-state index is 0.431. The molecule has 2 heterocycles. The number of fused-ring (bicyclic) bond motifs is 1. The van der Waals surface area contributed by atoms with Gasteiger partial charge in [-0.3, -0.25) is 4.79 Å². The van der Waals surface area contributed by atoms with Gasteiger partial charge in [0, 0.05) is 7.05 Å². The van der Waals surface area contributed by atoms with Gasteiger partial charge in [-0.1, -0.05) is 13.8 Å². The maximum absolute atomic E-state index is 9.18. The number of hydrogen-bond donors (Lipinski definition) is 1. The number of ether oxygens (including phenoxy) is 1. The van der Waals surface area contributed by atoms with E-state index >= 15 is 0 Å². The number of aromatic nitrogens is 4. The number of anilines is 1. The van der Waals surface area contributed by atoms with Gasteiger partial charge in [0.2, 0.25) is 5.65 Å². The van der Waals surface area contributed by atoms with E-state index in [9.17, 15) is 4.79 Å². The standard InChI is InChI=1S/C8H11N5.C3H6O2.C2H6/c1-5-4-7(9-3)8-11-10-6(2)13(8)12-5;1-2-5-3-4;1-2/h4,9H,1-3H3;3H,2H2,1H3;1-2H3. The molecular weight excluding hydrogens is 258 g/mol. The van der Waals surface area contributed by atoms with E-state index in [1.807, 2.05) is 40.8 Å². The number of aryl methyl sites for hydroxylation is 2. The molecule has 0 atom stereocenters. The Kier molecular flexibility index (Phi) is 8.65. The van der Waals surface area contributed by atoms with Crippen LogP contribution in [0.3, 0.4) is 0 Å². The fraction of sp³-hybridized carbons (Fsp3) is 0.538. The van der Waals surface area contributed by atoms with Gasteiger partial charge in [0.1, 0.15) is 0 Å². The second-order valence-electron chi connectivity index (χ2n) is 3.48. The molecule has 7 heteroatoms. The molecule has 0 spiro atoms. The predicted octanol–water partition coefficient (Wildman–Crippen LogP) is 1.99. The van der Waals surface area contributed by atoms with Gasteiger partial charge in [0.05, 0.1) is 18.0 Å². The van der Waals surface area contributed by atoms with Crippen molar-refractivity contribution in [2.45, 2.75) is 34.6 Å². The van der Waals surface area contributed by atoms with Crippen LogP contribution < -0.4 is 5.32 Å². The lowest BCUT2D eigenvalue weighted by Crippen LogP contribution is -2.00. The first-order valence-electron chi connectivity index (χ1n) is 6.56. The molecule has 0 aliphatic carbocycles. The monoisotopic (exact) mass is 281 g/mol. The summed E-state index contributed by atoms with van der Waals surface area (Å²) in [7, 11) is 1.86. The first kappa shape index (κ1) is 17.8. The largest absolute Gasteiger partial charge is 0.468 e. The number of rotatable bonds is 3. The topological polar surface area (TPSA) is 81.4 Å². The highest BCUT2D eigenvalue weighted by Gasteiger charge is 2.06. The second kappa shape index (κ2) is 9.71. The number of nitrogens with one attached hydrogen (secondary N) is 1. The van der Waals surface area contributed by atoms with Crippen molar-refractivity contribution in [3.05, 3.63) is 17.6 Å². The van der Waals surface area contributed by atoms with Crippen molar-refractivity contribution in [2.75, 3.05) is 19.0 Å². The summed E-state index contributed by atoms with van der Waals surface area (Å²) in [6.07, 6.45) is 0. The smallest absolute Gasteiger partial charge is 0.293 e. The highest BCUT2D eigenvalue weighted by atomic mass is 16.5. The second-order valence-corrected chi connectivity index (χ2v) is 3.48.